The number of esters is 1. The van der Waals surface area contributed by atoms with Crippen molar-refractivity contribution in [2.45, 2.75) is 27.7 Å². The van der Waals surface area contributed by atoms with Crippen molar-refractivity contribution < 1.29 is 18.7 Å². The van der Waals surface area contributed by atoms with E-state index in [4.69, 9.17) is 13.9 Å². The summed E-state index contributed by atoms with van der Waals surface area (Å²) in [6, 6.07) is 7.20. The van der Waals surface area contributed by atoms with Crippen molar-refractivity contribution in [3.8, 4) is 23.3 Å². The molecular weight excluding hydrogens is 308 g/mol. The standard InChI is InChI=1S/C18H20N2O4/c1-5-22-18(21)16-12(4)20-17(24-16)13-6-7-15(14(8-13)9-19)23-10-11(2)3/h6-8,11H,5,10H2,1-4H3. The van der Waals surface area contributed by atoms with E-state index in [2.05, 4.69) is 11.1 Å². The average Bonchev–Trinajstić information content (AvgIpc) is 2.94. The number of carbonyl (C=O) groups excluding carboxylic acids is 1. The molecule has 0 fully saturated rings. The number of ether oxygens (including phenoxy) is 2. The van der Waals surface area contributed by atoms with Crippen LogP contribution in [0.1, 0.15) is 42.6 Å². The second-order valence-corrected chi connectivity index (χ2v) is 5.68. The molecule has 2 aromatic rings. The molecule has 0 aliphatic rings. The van der Waals surface area contributed by atoms with E-state index in [1.54, 1.807) is 32.0 Å². The molecule has 0 saturated carbocycles. The molecule has 0 saturated heterocycles. The van der Waals surface area contributed by atoms with Crippen LogP contribution in [0.4, 0.5) is 0 Å². The van der Waals surface area contributed by atoms with E-state index in [9.17, 15) is 10.1 Å². The van der Waals surface area contributed by atoms with Gasteiger partial charge in [0.2, 0.25) is 11.7 Å². The highest BCUT2D eigenvalue weighted by Crippen LogP contribution is 2.28. The maximum absolute atomic E-state index is 11.8. The molecule has 0 N–H and O–H groups in total. The molecule has 0 bridgehead atoms. The molecule has 1 aromatic carbocycles. The van der Waals surface area contributed by atoms with Crippen molar-refractivity contribution in [3.63, 3.8) is 0 Å². The number of aromatic nitrogens is 1. The molecule has 6 nitrogen and oxygen atoms in total. The Morgan fingerprint density at radius 3 is 2.79 bits per heavy atom. The number of rotatable bonds is 6. The Morgan fingerprint density at radius 2 is 2.17 bits per heavy atom. The predicted octanol–water partition coefficient (Wildman–Crippen LogP) is 3.73. The molecule has 0 radical (unpaired) electrons. The number of hydrogen-bond acceptors (Lipinski definition) is 6. The van der Waals surface area contributed by atoms with Crippen molar-refractivity contribution in [3.05, 3.63) is 35.2 Å². The molecule has 0 aliphatic carbocycles. The van der Waals surface area contributed by atoms with Gasteiger partial charge in [-0.25, -0.2) is 9.78 Å². The highest BCUT2D eigenvalue weighted by Gasteiger charge is 2.20. The van der Waals surface area contributed by atoms with E-state index in [0.29, 0.717) is 35.1 Å². The predicted molar refractivity (Wildman–Crippen MR) is 87.7 cm³/mol. The molecule has 1 heterocycles. The third-order valence-corrected chi connectivity index (χ3v) is 3.18. The van der Waals surface area contributed by atoms with Gasteiger partial charge in [0.25, 0.3) is 0 Å². The maximum atomic E-state index is 11.8. The van der Waals surface area contributed by atoms with Crippen LogP contribution in [0.3, 0.4) is 0 Å². The van der Waals surface area contributed by atoms with Crippen molar-refractivity contribution in [1.29, 1.82) is 5.26 Å². The minimum atomic E-state index is -0.550. The highest BCUT2D eigenvalue weighted by atomic mass is 16.5. The number of nitriles is 1. The Bertz CT molecular complexity index is 772. The largest absolute Gasteiger partial charge is 0.492 e. The Labute approximate surface area is 141 Å². The first-order valence-corrected chi connectivity index (χ1v) is 7.78. The van der Waals surface area contributed by atoms with Gasteiger partial charge in [-0.1, -0.05) is 13.8 Å². The monoisotopic (exact) mass is 328 g/mol. The van der Waals surface area contributed by atoms with Crippen molar-refractivity contribution in [2.75, 3.05) is 13.2 Å². The van der Waals surface area contributed by atoms with E-state index < -0.39 is 5.97 Å². The second-order valence-electron chi connectivity index (χ2n) is 5.68. The zero-order chi connectivity index (χ0) is 17.7. The molecular formula is C18H20N2O4. The number of benzene rings is 1. The molecule has 1 aromatic heterocycles. The third kappa shape index (κ3) is 3.93. The second kappa shape index (κ2) is 7.64. The first-order valence-electron chi connectivity index (χ1n) is 7.78. The summed E-state index contributed by atoms with van der Waals surface area (Å²) in [6.45, 7) is 8.25. The number of carbonyl (C=O) groups is 1. The molecule has 0 atom stereocenters. The normalized spacial score (nSPS) is 10.5. The lowest BCUT2D eigenvalue weighted by molar-refractivity contribution is 0.0490. The Kier molecular flexibility index (Phi) is 5.59. The molecule has 0 spiro atoms. The molecule has 0 amide bonds. The minimum Gasteiger partial charge on any atom is -0.492 e. The van der Waals surface area contributed by atoms with E-state index >= 15 is 0 Å². The highest BCUT2D eigenvalue weighted by molar-refractivity contribution is 5.88. The molecule has 6 heteroatoms. The SMILES string of the molecule is CCOC(=O)c1oc(-c2ccc(OCC(C)C)c(C#N)c2)nc1C. The lowest BCUT2D eigenvalue weighted by atomic mass is 10.1. The fourth-order valence-corrected chi connectivity index (χ4v) is 2.04. The van der Waals surface area contributed by atoms with Gasteiger partial charge in [0.1, 0.15) is 11.8 Å². The summed E-state index contributed by atoms with van der Waals surface area (Å²) in [4.78, 5) is 16.1. The number of aryl methyl sites for hydroxylation is 1. The van der Waals surface area contributed by atoms with Crippen LogP contribution in [0, 0.1) is 24.2 Å². The van der Waals surface area contributed by atoms with E-state index in [-0.39, 0.29) is 18.3 Å². The van der Waals surface area contributed by atoms with Crippen LogP contribution >= 0.6 is 0 Å². The summed E-state index contributed by atoms with van der Waals surface area (Å²) in [5.41, 5.74) is 1.44. The van der Waals surface area contributed by atoms with Crippen LogP contribution in [-0.4, -0.2) is 24.2 Å². The van der Waals surface area contributed by atoms with Gasteiger partial charge in [-0.3, -0.25) is 0 Å². The van der Waals surface area contributed by atoms with Crippen LogP contribution in [-0.2, 0) is 4.74 Å². The lowest BCUT2D eigenvalue weighted by Gasteiger charge is -2.10. The Balaban J connectivity index is 2.31. The van der Waals surface area contributed by atoms with Crippen LogP contribution in [0.5, 0.6) is 5.75 Å². The summed E-state index contributed by atoms with van der Waals surface area (Å²) in [5.74, 6) is 0.667. The fraction of sp³-hybridized carbons (Fsp3) is 0.389. The quantitative estimate of drug-likeness (QED) is 0.751. The topological polar surface area (TPSA) is 85.4 Å². The van der Waals surface area contributed by atoms with Crippen molar-refractivity contribution >= 4 is 5.97 Å². The zero-order valence-corrected chi connectivity index (χ0v) is 14.3. The van der Waals surface area contributed by atoms with Crippen LogP contribution in [0.15, 0.2) is 22.6 Å². The summed E-state index contributed by atoms with van der Waals surface area (Å²) < 4.78 is 16.1. The Hall–Kier alpha value is -2.81. The number of nitrogens with zero attached hydrogens (tertiary/aromatic N) is 2. The van der Waals surface area contributed by atoms with Gasteiger partial charge < -0.3 is 13.9 Å². The van der Waals surface area contributed by atoms with Gasteiger partial charge in [-0.2, -0.15) is 5.26 Å². The maximum Gasteiger partial charge on any atom is 0.376 e. The van der Waals surface area contributed by atoms with E-state index in [1.165, 1.54) is 0 Å². The molecule has 0 unspecified atom stereocenters. The molecule has 24 heavy (non-hydrogen) atoms. The van der Waals surface area contributed by atoms with Gasteiger partial charge in [0.05, 0.1) is 24.5 Å². The molecule has 2 rings (SSSR count). The Morgan fingerprint density at radius 1 is 1.42 bits per heavy atom. The fourth-order valence-electron chi connectivity index (χ4n) is 2.04. The van der Waals surface area contributed by atoms with E-state index in [1.807, 2.05) is 13.8 Å². The van der Waals surface area contributed by atoms with E-state index in [0.717, 1.165) is 0 Å². The van der Waals surface area contributed by atoms with Crippen LogP contribution < -0.4 is 4.74 Å². The molecule has 126 valence electrons. The number of oxazole rings is 1. The van der Waals surface area contributed by atoms with Gasteiger partial charge >= 0.3 is 5.97 Å². The summed E-state index contributed by atoms with van der Waals surface area (Å²) in [5, 5.41) is 9.32. The summed E-state index contributed by atoms with van der Waals surface area (Å²) in [7, 11) is 0. The average molecular weight is 328 g/mol. The van der Waals surface area contributed by atoms with Gasteiger partial charge in [-0.05, 0) is 38.0 Å². The summed E-state index contributed by atoms with van der Waals surface area (Å²) in [6.07, 6.45) is 0. The molecule has 0 aliphatic heterocycles. The first-order chi connectivity index (χ1) is 11.5. The smallest absolute Gasteiger partial charge is 0.376 e. The van der Waals surface area contributed by atoms with Crippen molar-refractivity contribution in [2.24, 2.45) is 5.92 Å². The van der Waals surface area contributed by atoms with Crippen LogP contribution in [0.2, 0.25) is 0 Å². The number of hydrogen-bond donors (Lipinski definition) is 0. The zero-order valence-electron chi connectivity index (χ0n) is 14.3. The van der Waals surface area contributed by atoms with Crippen molar-refractivity contribution in [1.82, 2.24) is 4.98 Å². The van der Waals surface area contributed by atoms with Gasteiger partial charge in [-0.15, -0.1) is 0 Å². The van der Waals surface area contributed by atoms with Gasteiger partial charge in [0.15, 0.2) is 0 Å². The first kappa shape index (κ1) is 17.5. The van der Waals surface area contributed by atoms with Gasteiger partial charge in [0, 0.05) is 5.56 Å². The minimum absolute atomic E-state index is 0.0745. The van der Waals surface area contributed by atoms with Crippen LogP contribution in [0.25, 0.3) is 11.5 Å². The summed E-state index contributed by atoms with van der Waals surface area (Å²) >= 11 is 0. The lowest BCUT2D eigenvalue weighted by Crippen LogP contribution is -2.05. The third-order valence-electron chi connectivity index (χ3n) is 3.18.